The first-order valence-corrected chi connectivity index (χ1v) is 4.16. The second kappa shape index (κ2) is 3.60. The van der Waals surface area contributed by atoms with Crippen LogP contribution in [0.4, 0.5) is 0 Å². The molecule has 4 nitrogen and oxygen atoms in total. The zero-order chi connectivity index (χ0) is 9.90. The van der Waals surface area contributed by atoms with Crippen LogP contribution in [0.25, 0.3) is 0 Å². The minimum absolute atomic E-state index is 0.361. The van der Waals surface area contributed by atoms with Gasteiger partial charge in [0.2, 0.25) is 0 Å². The van der Waals surface area contributed by atoms with Crippen molar-refractivity contribution in [2.24, 2.45) is 0 Å². The lowest BCUT2D eigenvalue weighted by Gasteiger charge is -2.37. The molecular formula is C9H12O4. The molecule has 0 aromatic rings. The van der Waals surface area contributed by atoms with Gasteiger partial charge < -0.3 is 9.84 Å². The number of carbonyl (C=O) groups excluding carboxylic acids is 1. The number of aliphatic carboxylic acids is 1. The number of hydrogen-bond acceptors (Lipinski definition) is 3. The second-order valence-electron chi connectivity index (χ2n) is 3.40. The van der Waals surface area contributed by atoms with E-state index in [2.05, 4.69) is 0 Å². The summed E-state index contributed by atoms with van der Waals surface area (Å²) in [5, 5.41) is 8.24. The normalized spacial score (nSPS) is 19.5. The highest BCUT2D eigenvalue weighted by atomic mass is 16.6. The highest BCUT2D eigenvalue weighted by molar-refractivity contribution is 5.90. The highest BCUT2D eigenvalue weighted by Gasteiger charge is 2.35. The molecule has 1 rings (SSSR count). The predicted octanol–water partition coefficient (Wildman–Crippen LogP) is 1.11. The maximum Gasteiger partial charge on any atom is 0.331 e. The van der Waals surface area contributed by atoms with Gasteiger partial charge in [-0.05, 0) is 26.2 Å². The van der Waals surface area contributed by atoms with Crippen LogP contribution in [-0.4, -0.2) is 22.6 Å². The molecule has 0 atom stereocenters. The van der Waals surface area contributed by atoms with Gasteiger partial charge in [0.1, 0.15) is 5.60 Å². The molecule has 1 aliphatic carbocycles. The van der Waals surface area contributed by atoms with Gasteiger partial charge in [0.15, 0.2) is 0 Å². The fourth-order valence-electron chi connectivity index (χ4n) is 1.19. The van der Waals surface area contributed by atoms with E-state index in [1.54, 1.807) is 0 Å². The summed E-state index contributed by atoms with van der Waals surface area (Å²) >= 11 is 0. The summed E-state index contributed by atoms with van der Waals surface area (Å²) < 4.78 is 5.04. The van der Waals surface area contributed by atoms with E-state index in [9.17, 15) is 9.59 Å². The molecule has 13 heavy (non-hydrogen) atoms. The number of carbonyl (C=O) groups is 2. The monoisotopic (exact) mass is 184 g/mol. The molecule has 1 aliphatic rings. The van der Waals surface area contributed by atoms with Crippen LogP contribution in [0.5, 0.6) is 0 Å². The molecule has 0 radical (unpaired) electrons. The van der Waals surface area contributed by atoms with Gasteiger partial charge in [0.25, 0.3) is 0 Å². The Morgan fingerprint density at radius 2 is 2.00 bits per heavy atom. The molecule has 72 valence electrons. The maximum absolute atomic E-state index is 11.0. The van der Waals surface area contributed by atoms with Gasteiger partial charge in [0.05, 0.1) is 0 Å². The van der Waals surface area contributed by atoms with Gasteiger partial charge in [-0.2, -0.15) is 0 Å². The third-order valence-electron chi connectivity index (χ3n) is 2.12. The Labute approximate surface area is 76.2 Å². The Morgan fingerprint density at radius 3 is 2.38 bits per heavy atom. The SMILES string of the molecule is CC1(OC(=O)/C=C/C(=O)O)CCC1. The zero-order valence-corrected chi connectivity index (χ0v) is 7.45. The van der Waals surface area contributed by atoms with Crippen LogP contribution in [0, 0.1) is 0 Å². The van der Waals surface area contributed by atoms with E-state index in [-0.39, 0.29) is 5.60 Å². The van der Waals surface area contributed by atoms with Gasteiger partial charge in [-0.25, -0.2) is 9.59 Å². The van der Waals surface area contributed by atoms with Gasteiger partial charge in [-0.3, -0.25) is 0 Å². The van der Waals surface area contributed by atoms with Crippen molar-refractivity contribution in [3.05, 3.63) is 12.2 Å². The van der Waals surface area contributed by atoms with Crippen LogP contribution >= 0.6 is 0 Å². The van der Waals surface area contributed by atoms with E-state index in [0.717, 1.165) is 31.4 Å². The quantitative estimate of drug-likeness (QED) is 0.527. The van der Waals surface area contributed by atoms with Gasteiger partial charge in [0, 0.05) is 12.2 Å². The number of carboxylic acids is 1. The van der Waals surface area contributed by atoms with Gasteiger partial charge in [-0.15, -0.1) is 0 Å². The van der Waals surface area contributed by atoms with Crippen molar-refractivity contribution >= 4 is 11.9 Å². The molecule has 0 unspecified atom stereocenters. The first kappa shape index (κ1) is 9.77. The number of ether oxygens (including phenoxy) is 1. The smallest absolute Gasteiger partial charge is 0.331 e. The molecule has 1 N–H and O–H groups in total. The number of hydrogen-bond donors (Lipinski definition) is 1. The minimum Gasteiger partial charge on any atom is -0.478 e. The Hall–Kier alpha value is -1.32. The van der Waals surface area contributed by atoms with E-state index in [4.69, 9.17) is 9.84 Å². The van der Waals surface area contributed by atoms with Crippen LogP contribution in [0.2, 0.25) is 0 Å². The number of rotatable bonds is 3. The van der Waals surface area contributed by atoms with Crippen molar-refractivity contribution in [2.45, 2.75) is 31.8 Å². The molecule has 1 saturated carbocycles. The summed E-state index contributed by atoms with van der Waals surface area (Å²) in [4.78, 5) is 21.0. The molecular weight excluding hydrogens is 172 g/mol. The lowest BCUT2D eigenvalue weighted by atomic mass is 9.82. The van der Waals surface area contributed by atoms with Crippen LogP contribution < -0.4 is 0 Å². The molecule has 1 fully saturated rings. The molecule has 0 aliphatic heterocycles. The topological polar surface area (TPSA) is 63.6 Å². The van der Waals surface area contributed by atoms with Gasteiger partial charge in [-0.1, -0.05) is 0 Å². The third-order valence-corrected chi connectivity index (χ3v) is 2.12. The Balaban J connectivity index is 2.37. The van der Waals surface area contributed by atoms with Crippen molar-refractivity contribution < 1.29 is 19.4 Å². The average molecular weight is 184 g/mol. The summed E-state index contributed by atoms with van der Waals surface area (Å²) in [6.45, 7) is 1.85. The Bertz CT molecular complexity index is 250. The first-order chi connectivity index (χ1) is 6.02. The lowest BCUT2D eigenvalue weighted by molar-refractivity contribution is -0.160. The molecule has 0 heterocycles. The van der Waals surface area contributed by atoms with E-state index in [0.29, 0.717) is 0 Å². The van der Waals surface area contributed by atoms with Crippen LogP contribution in [0.1, 0.15) is 26.2 Å². The van der Waals surface area contributed by atoms with E-state index in [1.807, 2.05) is 6.92 Å². The molecule has 0 aromatic carbocycles. The molecule has 0 saturated heterocycles. The summed E-state index contributed by atoms with van der Waals surface area (Å²) in [5.41, 5.74) is -0.361. The van der Waals surface area contributed by atoms with Crippen molar-refractivity contribution in [1.29, 1.82) is 0 Å². The van der Waals surface area contributed by atoms with E-state index in [1.165, 1.54) is 0 Å². The van der Waals surface area contributed by atoms with Crippen molar-refractivity contribution in [3.63, 3.8) is 0 Å². The molecule has 4 heteroatoms. The van der Waals surface area contributed by atoms with E-state index >= 15 is 0 Å². The lowest BCUT2D eigenvalue weighted by Crippen LogP contribution is -2.38. The average Bonchev–Trinajstić information content (AvgIpc) is 1.98. The number of esters is 1. The summed E-state index contributed by atoms with van der Waals surface area (Å²) in [7, 11) is 0. The second-order valence-corrected chi connectivity index (χ2v) is 3.40. The standard InChI is InChI=1S/C9H12O4/c1-9(5-2-6-9)13-8(12)4-3-7(10)11/h3-4H,2,5-6H2,1H3,(H,10,11)/b4-3+. The van der Waals surface area contributed by atoms with Crippen LogP contribution in [0.3, 0.4) is 0 Å². The molecule has 0 bridgehead atoms. The third kappa shape index (κ3) is 2.89. The molecule has 0 spiro atoms. The van der Waals surface area contributed by atoms with E-state index < -0.39 is 11.9 Å². The summed E-state index contributed by atoms with van der Waals surface area (Å²) in [6, 6.07) is 0. The fourth-order valence-corrected chi connectivity index (χ4v) is 1.19. The largest absolute Gasteiger partial charge is 0.478 e. The fraction of sp³-hybridized carbons (Fsp3) is 0.556. The zero-order valence-electron chi connectivity index (χ0n) is 7.45. The highest BCUT2D eigenvalue weighted by Crippen LogP contribution is 2.34. The van der Waals surface area contributed by atoms with Crippen LogP contribution in [0.15, 0.2) is 12.2 Å². The minimum atomic E-state index is -1.14. The summed E-state index contributed by atoms with van der Waals surface area (Å²) in [5.74, 6) is -1.72. The predicted molar refractivity (Wildman–Crippen MR) is 45.1 cm³/mol. The number of carboxylic acid groups (broad SMARTS) is 1. The molecule has 0 amide bonds. The van der Waals surface area contributed by atoms with Crippen molar-refractivity contribution in [3.8, 4) is 0 Å². The van der Waals surface area contributed by atoms with Crippen molar-refractivity contribution in [2.75, 3.05) is 0 Å². The van der Waals surface area contributed by atoms with Crippen molar-refractivity contribution in [1.82, 2.24) is 0 Å². The summed E-state index contributed by atoms with van der Waals surface area (Å²) in [6.07, 6.45) is 4.50. The Kier molecular flexibility index (Phi) is 2.70. The van der Waals surface area contributed by atoms with Gasteiger partial charge >= 0.3 is 11.9 Å². The van der Waals surface area contributed by atoms with Crippen LogP contribution in [-0.2, 0) is 14.3 Å². The Morgan fingerprint density at radius 1 is 1.38 bits per heavy atom. The molecule has 0 aromatic heterocycles. The first-order valence-electron chi connectivity index (χ1n) is 4.16. The maximum atomic E-state index is 11.0.